The van der Waals surface area contributed by atoms with Crippen molar-refractivity contribution in [2.75, 3.05) is 6.61 Å². The molecule has 13 heteroatoms. The number of hydrogen-bond acceptors (Lipinski definition) is 8. The second-order valence-corrected chi connectivity index (χ2v) is 8.47. The maximum absolute atomic E-state index is 13.1. The molecule has 2 aromatic rings. The van der Waals surface area contributed by atoms with Crippen LogP contribution in [0.4, 0.5) is 0 Å². The van der Waals surface area contributed by atoms with E-state index in [4.69, 9.17) is 10.8 Å². The molecule has 38 heavy (non-hydrogen) atoms. The number of phenolic OH excluding ortho intramolecular Hbond substituents is 1. The minimum Gasteiger partial charge on any atom is -0.508 e. The molecular formula is C25H30N4O9. The maximum atomic E-state index is 13.1. The van der Waals surface area contributed by atoms with E-state index in [0.29, 0.717) is 11.1 Å². The molecule has 0 bridgehead atoms. The monoisotopic (exact) mass is 530 g/mol. The van der Waals surface area contributed by atoms with Crippen LogP contribution in [0, 0.1) is 0 Å². The summed E-state index contributed by atoms with van der Waals surface area (Å²) < 4.78 is 0. The van der Waals surface area contributed by atoms with Gasteiger partial charge in [-0.05, 0) is 23.3 Å². The van der Waals surface area contributed by atoms with Crippen LogP contribution in [0.1, 0.15) is 17.5 Å². The Morgan fingerprint density at radius 1 is 0.711 bits per heavy atom. The number of carboxylic acids is 2. The zero-order valence-corrected chi connectivity index (χ0v) is 20.2. The summed E-state index contributed by atoms with van der Waals surface area (Å²) in [5.41, 5.74) is 6.64. The number of hydrogen-bond donors (Lipinski definition) is 8. The smallest absolute Gasteiger partial charge is 0.326 e. The Labute approximate surface area is 217 Å². The number of aromatic hydroxyl groups is 1. The van der Waals surface area contributed by atoms with Crippen molar-refractivity contribution in [1.29, 1.82) is 0 Å². The SMILES string of the molecule is NC(CC(=O)O)C(=O)NC(CO)C(=O)NC(Cc1ccc(O)cc1)C(=O)NC(Cc1ccccc1)C(=O)O. The summed E-state index contributed by atoms with van der Waals surface area (Å²) in [5, 5.41) is 44.5. The molecule has 0 radical (unpaired) electrons. The van der Waals surface area contributed by atoms with Crippen molar-refractivity contribution in [2.24, 2.45) is 5.73 Å². The van der Waals surface area contributed by atoms with Crippen molar-refractivity contribution in [2.45, 2.75) is 43.4 Å². The molecule has 0 aromatic heterocycles. The van der Waals surface area contributed by atoms with Gasteiger partial charge >= 0.3 is 11.9 Å². The topological polar surface area (TPSA) is 228 Å². The number of carboxylic acid groups (broad SMARTS) is 2. The number of aliphatic hydroxyl groups is 1. The predicted octanol–water partition coefficient (Wildman–Crippen LogP) is -1.49. The van der Waals surface area contributed by atoms with Crippen LogP contribution < -0.4 is 21.7 Å². The lowest BCUT2D eigenvalue weighted by Crippen LogP contribution is -2.58. The van der Waals surface area contributed by atoms with Gasteiger partial charge in [0, 0.05) is 12.8 Å². The number of aliphatic carboxylic acids is 2. The van der Waals surface area contributed by atoms with E-state index >= 15 is 0 Å². The van der Waals surface area contributed by atoms with Crippen LogP contribution in [0.15, 0.2) is 54.6 Å². The van der Waals surface area contributed by atoms with Gasteiger partial charge in [0.15, 0.2) is 0 Å². The molecule has 0 aliphatic carbocycles. The fourth-order valence-corrected chi connectivity index (χ4v) is 3.43. The number of benzene rings is 2. The third kappa shape index (κ3) is 9.52. The first-order valence-corrected chi connectivity index (χ1v) is 11.5. The van der Waals surface area contributed by atoms with E-state index in [2.05, 4.69) is 16.0 Å². The van der Waals surface area contributed by atoms with Gasteiger partial charge in [-0.15, -0.1) is 0 Å². The second kappa shape index (κ2) is 14.3. The minimum absolute atomic E-state index is 0.0292. The Hall–Kier alpha value is -4.49. The van der Waals surface area contributed by atoms with Gasteiger partial charge in [0.2, 0.25) is 17.7 Å². The molecule has 204 valence electrons. The maximum Gasteiger partial charge on any atom is 0.326 e. The molecule has 0 spiro atoms. The molecule has 9 N–H and O–H groups in total. The van der Waals surface area contributed by atoms with Crippen molar-refractivity contribution in [1.82, 2.24) is 16.0 Å². The van der Waals surface area contributed by atoms with Crippen molar-refractivity contribution < 1.29 is 44.4 Å². The fourth-order valence-electron chi connectivity index (χ4n) is 3.43. The molecule has 0 fully saturated rings. The molecule has 2 aromatic carbocycles. The van der Waals surface area contributed by atoms with Crippen molar-refractivity contribution in [3.63, 3.8) is 0 Å². The lowest BCUT2D eigenvalue weighted by molar-refractivity contribution is -0.142. The van der Waals surface area contributed by atoms with E-state index in [-0.39, 0.29) is 18.6 Å². The molecule has 0 heterocycles. The van der Waals surface area contributed by atoms with Gasteiger partial charge in [-0.2, -0.15) is 0 Å². The first-order chi connectivity index (χ1) is 18.0. The lowest BCUT2D eigenvalue weighted by atomic mass is 10.0. The summed E-state index contributed by atoms with van der Waals surface area (Å²) in [6.07, 6.45) is -0.867. The highest BCUT2D eigenvalue weighted by Crippen LogP contribution is 2.12. The number of aliphatic hydroxyl groups excluding tert-OH is 1. The summed E-state index contributed by atoms with van der Waals surface area (Å²) in [6.45, 7) is -0.892. The zero-order valence-electron chi connectivity index (χ0n) is 20.2. The molecular weight excluding hydrogens is 500 g/mol. The van der Waals surface area contributed by atoms with Gasteiger partial charge in [-0.3, -0.25) is 19.2 Å². The molecule has 0 saturated heterocycles. The van der Waals surface area contributed by atoms with E-state index < -0.39 is 66.9 Å². The second-order valence-electron chi connectivity index (χ2n) is 8.47. The summed E-state index contributed by atoms with van der Waals surface area (Å²) in [7, 11) is 0. The van der Waals surface area contributed by atoms with Crippen LogP contribution in [0.25, 0.3) is 0 Å². The Bertz CT molecular complexity index is 1130. The van der Waals surface area contributed by atoms with Crippen LogP contribution in [0.5, 0.6) is 5.75 Å². The number of nitrogens with one attached hydrogen (secondary N) is 3. The molecule has 13 nitrogen and oxygen atoms in total. The highest BCUT2D eigenvalue weighted by molar-refractivity contribution is 5.95. The van der Waals surface area contributed by atoms with E-state index in [0.717, 1.165) is 0 Å². The highest BCUT2D eigenvalue weighted by atomic mass is 16.4. The van der Waals surface area contributed by atoms with Crippen LogP contribution in [-0.2, 0) is 36.8 Å². The van der Waals surface area contributed by atoms with Gasteiger partial charge in [0.1, 0.15) is 23.9 Å². The summed E-state index contributed by atoms with van der Waals surface area (Å²) >= 11 is 0. The number of phenols is 1. The molecule has 2 rings (SSSR count). The van der Waals surface area contributed by atoms with Gasteiger partial charge in [-0.1, -0.05) is 42.5 Å². The Kier molecular flexibility index (Phi) is 11.2. The first kappa shape index (κ1) is 29.7. The highest BCUT2D eigenvalue weighted by Gasteiger charge is 2.30. The number of carbonyl (C=O) groups excluding carboxylic acids is 3. The largest absolute Gasteiger partial charge is 0.508 e. The molecule has 4 atom stereocenters. The van der Waals surface area contributed by atoms with E-state index in [9.17, 15) is 39.3 Å². The third-order valence-electron chi connectivity index (χ3n) is 5.45. The van der Waals surface area contributed by atoms with Crippen LogP contribution in [0.3, 0.4) is 0 Å². The Morgan fingerprint density at radius 2 is 1.21 bits per heavy atom. The van der Waals surface area contributed by atoms with Crippen molar-refractivity contribution >= 4 is 29.7 Å². The zero-order chi connectivity index (χ0) is 28.2. The average Bonchev–Trinajstić information content (AvgIpc) is 2.87. The first-order valence-electron chi connectivity index (χ1n) is 11.5. The number of rotatable bonds is 14. The van der Waals surface area contributed by atoms with Gasteiger partial charge in [0.05, 0.1) is 19.1 Å². The number of carbonyl (C=O) groups is 5. The van der Waals surface area contributed by atoms with Crippen LogP contribution in [0.2, 0.25) is 0 Å². The minimum atomic E-state index is -1.57. The lowest BCUT2D eigenvalue weighted by Gasteiger charge is -2.24. The molecule has 3 amide bonds. The number of nitrogens with two attached hydrogens (primary N) is 1. The molecule has 4 unspecified atom stereocenters. The average molecular weight is 531 g/mol. The fraction of sp³-hybridized carbons (Fsp3) is 0.320. The van der Waals surface area contributed by atoms with E-state index in [1.165, 1.54) is 24.3 Å². The van der Waals surface area contributed by atoms with Gasteiger partial charge < -0.3 is 42.1 Å². The van der Waals surface area contributed by atoms with Gasteiger partial charge in [0.25, 0.3) is 0 Å². The Balaban J connectivity index is 2.20. The normalized spacial score (nSPS) is 13.8. The van der Waals surface area contributed by atoms with E-state index in [1.807, 2.05) is 0 Å². The number of amides is 3. The van der Waals surface area contributed by atoms with Crippen molar-refractivity contribution in [3.05, 3.63) is 65.7 Å². The molecule has 0 aliphatic rings. The summed E-state index contributed by atoms with van der Waals surface area (Å²) in [4.78, 5) is 60.7. The summed E-state index contributed by atoms with van der Waals surface area (Å²) in [5.74, 6) is -5.52. The Morgan fingerprint density at radius 3 is 1.76 bits per heavy atom. The summed E-state index contributed by atoms with van der Waals surface area (Å²) in [6, 6.07) is 8.57. The predicted molar refractivity (Wildman–Crippen MR) is 133 cm³/mol. The third-order valence-corrected chi connectivity index (χ3v) is 5.45. The quantitative estimate of drug-likeness (QED) is 0.141. The van der Waals surface area contributed by atoms with E-state index in [1.54, 1.807) is 30.3 Å². The molecule has 0 aliphatic heterocycles. The van der Waals surface area contributed by atoms with Crippen molar-refractivity contribution in [3.8, 4) is 5.75 Å². The van der Waals surface area contributed by atoms with Gasteiger partial charge in [-0.25, -0.2) is 4.79 Å². The van der Waals surface area contributed by atoms with Crippen LogP contribution in [-0.4, -0.2) is 80.9 Å². The molecule has 0 saturated carbocycles. The standard InChI is InChI=1S/C25H30N4O9/c26-17(12-21(32)33)22(34)29-20(13-30)24(36)27-18(10-15-6-8-16(31)9-7-15)23(35)28-19(25(37)38)11-14-4-2-1-3-5-14/h1-9,17-20,30-31H,10-13,26H2,(H,27,36)(H,28,35)(H,29,34)(H,32,33)(H,37,38). The van der Waals surface area contributed by atoms with Crippen LogP contribution >= 0.6 is 0 Å².